The zero-order valence-corrected chi connectivity index (χ0v) is 18.8. The van der Waals surface area contributed by atoms with Crippen LogP contribution in [0.3, 0.4) is 0 Å². The first-order valence-electron chi connectivity index (χ1n) is 10.5. The molecule has 0 unspecified atom stereocenters. The van der Waals surface area contributed by atoms with E-state index in [4.69, 9.17) is 4.74 Å². The van der Waals surface area contributed by atoms with E-state index in [1.165, 1.54) is 29.5 Å². The minimum absolute atomic E-state index is 0.0235. The first kappa shape index (κ1) is 22.9. The molecule has 1 aliphatic rings. The van der Waals surface area contributed by atoms with Gasteiger partial charge in [-0.2, -0.15) is 5.26 Å². The molecule has 1 N–H and O–H groups in total. The van der Waals surface area contributed by atoms with Crippen molar-refractivity contribution in [2.75, 3.05) is 23.3 Å². The summed E-state index contributed by atoms with van der Waals surface area (Å²) in [6.07, 6.45) is 3.71. The number of carbonyl (C=O) groups excluding carboxylic acids is 1. The minimum Gasteiger partial charge on any atom is -0.489 e. The zero-order chi connectivity index (χ0) is 23.9. The highest BCUT2D eigenvalue weighted by Crippen LogP contribution is 2.27. The predicted molar refractivity (Wildman–Crippen MR) is 127 cm³/mol. The molecule has 172 valence electrons. The highest BCUT2D eigenvalue weighted by Gasteiger charge is 2.18. The summed E-state index contributed by atoms with van der Waals surface area (Å²) in [6, 6.07) is 14.9. The molecule has 11 heteroatoms. The molecule has 10 nitrogen and oxygen atoms in total. The number of nitriles is 1. The van der Waals surface area contributed by atoms with Crippen molar-refractivity contribution in [1.82, 2.24) is 10.2 Å². The third kappa shape index (κ3) is 5.73. The van der Waals surface area contributed by atoms with Crippen molar-refractivity contribution in [3.8, 4) is 11.8 Å². The number of hydrogen-bond acceptors (Lipinski definition) is 9. The molecule has 4 rings (SSSR count). The molecule has 0 atom stereocenters. The number of ether oxygens (including phenoxy) is 1. The number of nitro groups is 1. The van der Waals surface area contributed by atoms with Crippen LogP contribution < -0.4 is 15.0 Å². The zero-order valence-electron chi connectivity index (χ0n) is 18.0. The Morgan fingerprint density at radius 2 is 1.88 bits per heavy atom. The van der Waals surface area contributed by atoms with E-state index < -0.39 is 10.8 Å². The van der Waals surface area contributed by atoms with Crippen LogP contribution in [0.25, 0.3) is 6.08 Å². The van der Waals surface area contributed by atoms with Gasteiger partial charge in [-0.3, -0.25) is 20.2 Å². The number of amides is 1. The molecule has 2 aromatic carbocycles. The van der Waals surface area contributed by atoms with E-state index in [0.717, 1.165) is 36.6 Å². The normalized spacial score (nSPS) is 13.4. The Labute approximate surface area is 199 Å². The number of rotatable bonds is 8. The summed E-state index contributed by atoms with van der Waals surface area (Å²) in [4.78, 5) is 24.9. The molecule has 34 heavy (non-hydrogen) atoms. The number of nitro benzene ring substituents is 1. The summed E-state index contributed by atoms with van der Waals surface area (Å²) in [5.74, 6) is 0.0342. The second kappa shape index (κ2) is 10.5. The van der Waals surface area contributed by atoms with Crippen LogP contribution in [0, 0.1) is 21.4 Å². The van der Waals surface area contributed by atoms with E-state index in [1.807, 2.05) is 6.07 Å². The van der Waals surface area contributed by atoms with Crippen LogP contribution in [0.15, 0.2) is 54.1 Å². The molecule has 1 amide bonds. The van der Waals surface area contributed by atoms with Crippen molar-refractivity contribution < 1.29 is 14.5 Å². The van der Waals surface area contributed by atoms with Crippen LogP contribution in [0.4, 0.5) is 16.0 Å². The summed E-state index contributed by atoms with van der Waals surface area (Å²) in [6.45, 7) is 2.11. The maximum absolute atomic E-state index is 12.5. The number of nitrogens with one attached hydrogen (secondary N) is 1. The van der Waals surface area contributed by atoms with E-state index in [-0.39, 0.29) is 17.9 Å². The van der Waals surface area contributed by atoms with E-state index in [0.29, 0.717) is 16.4 Å². The van der Waals surface area contributed by atoms with Gasteiger partial charge in [0.2, 0.25) is 10.3 Å². The molecule has 1 fully saturated rings. The van der Waals surface area contributed by atoms with Crippen molar-refractivity contribution in [2.45, 2.75) is 19.4 Å². The number of carbonyl (C=O) groups is 1. The summed E-state index contributed by atoms with van der Waals surface area (Å²) >= 11 is 1.29. The Hall–Kier alpha value is -4.30. The Morgan fingerprint density at radius 3 is 2.53 bits per heavy atom. The summed E-state index contributed by atoms with van der Waals surface area (Å²) in [5, 5.41) is 32.0. The molecule has 2 heterocycles. The largest absolute Gasteiger partial charge is 0.489 e. The van der Waals surface area contributed by atoms with Crippen LogP contribution in [-0.2, 0) is 11.4 Å². The van der Waals surface area contributed by atoms with E-state index in [9.17, 15) is 20.2 Å². The lowest BCUT2D eigenvalue weighted by Gasteiger charge is -2.10. The summed E-state index contributed by atoms with van der Waals surface area (Å²) in [7, 11) is 0. The van der Waals surface area contributed by atoms with Gasteiger partial charge in [0.1, 0.15) is 24.0 Å². The van der Waals surface area contributed by atoms with Gasteiger partial charge in [-0.1, -0.05) is 23.5 Å². The lowest BCUT2D eigenvalue weighted by atomic mass is 10.1. The first-order chi connectivity index (χ1) is 16.5. The fourth-order valence-corrected chi connectivity index (χ4v) is 4.11. The van der Waals surface area contributed by atoms with Gasteiger partial charge in [0.05, 0.1) is 4.92 Å². The lowest BCUT2D eigenvalue weighted by molar-refractivity contribution is -0.384. The molecular formula is C23H20N6O4S. The van der Waals surface area contributed by atoms with Gasteiger partial charge in [0.25, 0.3) is 11.6 Å². The molecule has 3 aromatic rings. The van der Waals surface area contributed by atoms with Crippen LogP contribution in [0.5, 0.6) is 5.75 Å². The Balaban J connectivity index is 1.34. The fourth-order valence-electron chi connectivity index (χ4n) is 3.32. The second-order valence-corrected chi connectivity index (χ2v) is 8.45. The van der Waals surface area contributed by atoms with Crippen molar-refractivity contribution in [3.63, 3.8) is 0 Å². The van der Waals surface area contributed by atoms with Crippen LogP contribution in [0.1, 0.15) is 24.0 Å². The lowest BCUT2D eigenvalue weighted by Crippen LogP contribution is -2.17. The number of anilines is 2. The predicted octanol–water partition coefficient (Wildman–Crippen LogP) is 4.17. The van der Waals surface area contributed by atoms with Gasteiger partial charge in [0, 0.05) is 25.2 Å². The minimum atomic E-state index is -0.551. The monoisotopic (exact) mass is 476 g/mol. The second-order valence-electron chi connectivity index (χ2n) is 7.49. The molecule has 1 aromatic heterocycles. The molecule has 0 aliphatic carbocycles. The van der Waals surface area contributed by atoms with E-state index in [1.54, 1.807) is 36.4 Å². The maximum Gasteiger partial charge on any atom is 0.269 e. The van der Waals surface area contributed by atoms with Gasteiger partial charge in [-0.25, -0.2) is 0 Å². The Morgan fingerprint density at radius 1 is 1.18 bits per heavy atom. The molecule has 0 bridgehead atoms. The van der Waals surface area contributed by atoms with Gasteiger partial charge in [-0.15, -0.1) is 10.2 Å². The smallest absolute Gasteiger partial charge is 0.269 e. The summed E-state index contributed by atoms with van der Waals surface area (Å²) < 4.78 is 5.70. The van der Waals surface area contributed by atoms with Crippen LogP contribution in [-0.4, -0.2) is 34.1 Å². The molecule has 0 saturated carbocycles. The average Bonchev–Trinajstić information content (AvgIpc) is 3.54. The number of aromatic nitrogens is 2. The first-order valence-corrected chi connectivity index (χ1v) is 11.3. The fraction of sp³-hybridized carbons (Fsp3) is 0.217. The van der Waals surface area contributed by atoms with Crippen molar-refractivity contribution in [2.24, 2.45) is 0 Å². The van der Waals surface area contributed by atoms with Crippen LogP contribution in [0.2, 0.25) is 0 Å². The van der Waals surface area contributed by atoms with Crippen molar-refractivity contribution in [1.29, 1.82) is 5.26 Å². The van der Waals surface area contributed by atoms with Gasteiger partial charge in [0.15, 0.2) is 0 Å². The topological polar surface area (TPSA) is 134 Å². The van der Waals surface area contributed by atoms with E-state index >= 15 is 0 Å². The average molecular weight is 477 g/mol. The Bertz CT molecular complexity index is 1240. The van der Waals surface area contributed by atoms with Gasteiger partial charge >= 0.3 is 0 Å². The van der Waals surface area contributed by atoms with Crippen molar-refractivity contribution >= 4 is 39.3 Å². The van der Waals surface area contributed by atoms with Gasteiger partial charge in [-0.05, 0) is 54.3 Å². The highest BCUT2D eigenvalue weighted by molar-refractivity contribution is 7.19. The third-order valence-electron chi connectivity index (χ3n) is 5.12. The Kier molecular flexibility index (Phi) is 7.10. The number of hydrogen-bond donors (Lipinski definition) is 1. The number of nitrogens with zero attached hydrogens (tertiary/aromatic N) is 5. The van der Waals surface area contributed by atoms with Crippen LogP contribution >= 0.6 is 11.3 Å². The number of benzene rings is 2. The standard InChI is InChI=1S/C23H20N6O4S/c24-14-18(21(30)25-22-26-27-23(34-22)28-11-1-2-12-28)13-16-5-9-20(10-6-16)33-15-17-3-7-19(8-4-17)29(31)32/h3-10,13H,1-2,11-12,15H2,(H,25,26,30)/b18-13-. The molecule has 0 radical (unpaired) electrons. The SMILES string of the molecule is N#C/C(=C/c1ccc(OCc2ccc([N+](=O)[O-])cc2)cc1)C(=O)Nc1nnc(N2CCCC2)s1. The molecular weight excluding hydrogens is 456 g/mol. The molecule has 1 saturated heterocycles. The van der Waals surface area contributed by atoms with Crippen molar-refractivity contribution in [3.05, 3.63) is 75.3 Å². The third-order valence-corrected chi connectivity index (χ3v) is 6.02. The molecule has 1 aliphatic heterocycles. The van der Waals surface area contributed by atoms with Gasteiger partial charge < -0.3 is 9.64 Å². The van der Waals surface area contributed by atoms with E-state index in [2.05, 4.69) is 20.4 Å². The maximum atomic E-state index is 12.5. The molecule has 0 spiro atoms. The number of non-ortho nitro benzene ring substituents is 1. The highest BCUT2D eigenvalue weighted by atomic mass is 32.1. The summed E-state index contributed by atoms with van der Waals surface area (Å²) in [5.41, 5.74) is 1.42. The quantitative estimate of drug-likeness (QED) is 0.222.